The lowest BCUT2D eigenvalue weighted by Crippen LogP contribution is -2.60. The summed E-state index contributed by atoms with van der Waals surface area (Å²) in [6.07, 6.45) is 48.2. The van der Waals surface area contributed by atoms with E-state index < -0.39 is 49.5 Å². The van der Waals surface area contributed by atoms with Crippen LogP contribution >= 0.6 is 0 Å². The number of carbonyl (C=O) groups is 1. The van der Waals surface area contributed by atoms with Crippen LogP contribution in [0.15, 0.2) is 24.3 Å². The predicted molar refractivity (Wildman–Crippen MR) is 263 cm³/mol. The highest BCUT2D eigenvalue weighted by Crippen LogP contribution is 2.23. The quantitative estimate of drug-likeness (QED) is 0.0261. The average Bonchev–Trinajstić information content (AvgIpc) is 3.28. The van der Waals surface area contributed by atoms with Crippen molar-refractivity contribution in [3.05, 3.63) is 24.3 Å². The summed E-state index contributed by atoms with van der Waals surface area (Å²) in [6.45, 7) is 3.78. The van der Waals surface area contributed by atoms with Crippen LogP contribution in [0.3, 0.4) is 0 Å². The first-order chi connectivity index (χ1) is 30.8. The number of hydrogen-bond acceptors (Lipinski definition) is 8. The Kier molecular flexibility index (Phi) is 42.2. The number of carbonyl (C=O) groups excluding carboxylic acids is 1. The summed E-state index contributed by atoms with van der Waals surface area (Å²) in [6, 6.07) is -0.817. The summed E-state index contributed by atoms with van der Waals surface area (Å²) in [7, 11) is 0. The van der Waals surface area contributed by atoms with Crippen molar-refractivity contribution in [2.24, 2.45) is 0 Å². The van der Waals surface area contributed by atoms with Crippen molar-refractivity contribution < 1.29 is 39.8 Å². The van der Waals surface area contributed by atoms with Gasteiger partial charge in [0.25, 0.3) is 0 Å². The van der Waals surface area contributed by atoms with E-state index in [9.17, 15) is 30.3 Å². The first-order valence-electron chi connectivity index (χ1n) is 27.1. The van der Waals surface area contributed by atoms with E-state index in [0.29, 0.717) is 6.42 Å². The van der Waals surface area contributed by atoms with Gasteiger partial charge in [-0.05, 0) is 32.1 Å². The van der Waals surface area contributed by atoms with Crippen LogP contribution in [0.25, 0.3) is 0 Å². The summed E-state index contributed by atoms with van der Waals surface area (Å²) in [4.78, 5) is 13.0. The van der Waals surface area contributed by atoms with E-state index in [0.717, 1.165) is 38.5 Å². The largest absolute Gasteiger partial charge is 0.394 e. The van der Waals surface area contributed by atoms with Gasteiger partial charge < -0.3 is 40.3 Å². The lowest BCUT2D eigenvalue weighted by Gasteiger charge is -2.40. The Morgan fingerprint density at radius 1 is 0.524 bits per heavy atom. The number of amides is 1. The molecule has 1 aliphatic heterocycles. The fourth-order valence-electron chi connectivity index (χ4n) is 8.70. The minimum atomic E-state index is -1.57. The number of aliphatic hydroxyl groups is 5. The number of allylic oxidation sites excluding steroid dienone is 3. The Balaban J connectivity index is 2.21. The van der Waals surface area contributed by atoms with E-state index in [1.165, 1.54) is 199 Å². The van der Waals surface area contributed by atoms with Crippen molar-refractivity contribution in [1.29, 1.82) is 0 Å². The van der Waals surface area contributed by atoms with Gasteiger partial charge in [0.05, 0.1) is 25.4 Å². The Bertz CT molecular complexity index is 1040. The van der Waals surface area contributed by atoms with Gasteiger partial charge in [-0.25, -0.2) is 0 Å². The van der Waals surface area contributed by atoms with E-state index in [4.69, 9.17) is 9.47 Å². The lowest BCUT2D eigenvalue weighted by atomic mass is 9.99. The molecule has 1 rings (SSSR count). The summed E-state index contributed by atoms with van der Waals surface area (Å²) in [5.74, 6) is -0.182. The van der Waals surface area contributed by atoms with Gasteiger partial charge in [0.2, 0.25) is 5.91 Å². The summed E-state index contributed by atoms with van der Waals surface area (Å²) >= 11 is 0. The van der Waals surface area contributed by atoms with Gasteiger partial charge in [-0.3, -0.25) is 4.79 Å². The molecule has 9 nitrogen and oxygen atoms in total. The monoisotopic (exact) mass is 894 g/mol. The minimum absolute atomic E-state index is 0.182. The molecule has 63 heavy (non-hydrogen) atoms. The second kappa shape index (κ2) is 44.5. The van der Waals surface area contributed by atoms with Crippen LogP contribution < -0.4 is 5.32 Å². The van der Waals surface area contributed by atoms with Crippen molar-refractivity contribution >= 4 is 5.91 Å². The second-order valence-corrected chi connectivity index (χ2v) is 19.0. The third-order valence-electron chi connectivity index (χ3n) is 13.0. The predicted octanol–water partition coefficient (Wildman–Crippen LogP) is 12.6. The number of rotatable bonds is 46. The van der Waals surface area contributed by atoms with Gasteiger partial charge >= 0.3 is 0 Å². The molecule has 7 atom stereocenters. The van der Waals surface area contributed by atoms with E-state index in [2.05, 4.69) is 31.3 Å². The fraction of sp³-hybridized carbons (Fsp3) is 0.907. The zero-order chi connectivity index (χ0) is 45.9. The van der Waals surface area contributed by atoms with E-state index in [1.807, 2.05) is 6.08 Å². The van der Waals surface area contributed by atoms with E-state index >= 15 is 0 Å². The first-order valence-corrected chi connectivity index (χ1v) is 27.1. The van der Waals surface area contributed by atoms with Gasteiger partial charge in [0.15, 0.2) is 6.29 Å². The maximum atomic E-state index is 13.0. The SMILES string of the molecule is CCCCCCCCCC/C=C/CC/C=C/C(O)C(COC1OC(CO)C(O)C(O)C1O)NC(=O)CCCCCCCCCCCCCCCCCCCCCCCCCCCC. The van der Waals surface area contributed by atoms with Crippen molar-refractivity contribution in [2.75, 3.05) is 13.2 Å². The molecule has 0 spiro atoms. The van der Waals surface area contributed by atoms with Crippen LogP contribution in [0.2, 0.25) is 0 Å². The highest BCUT2D eigenvalue weighted by atomic mass is 16.7. The van der Waals surface area contributed by atoms with Gasteiger partial charge in [0.1, 0.15) is 24.4 Å². The second-order valence-electron chi connectivity index (χ2n) is 19.0. The van der Waals surface area contributed by atoms with Gasteiger partial charge in [-0.2, -0.15) is 0 Å². The van der Waals surface area contributed by atoms with Crippen molar-refractivity contribution in [2.45, 2.75) is 301 Å². The van der Waals surface area contributed by atoms with Crippen LogP contribution in [-0.4, -0.2) is 87.5 Å². The smallest absolute Gasteiger partial charge is 0.220 e. The fourth-order valence-corrected chi connectivity index (χ4v) is 8.70. The number of nitrogens with one attached hydrogen (secondary N) is 1. The Labute approximate surface area is 388 Å². The van der Waals surface area contributed by atoms with Crippen molar-refractivity contribution in [3.63, 3.8) is 0 Å². The van der Waals surface area contributed by atoms with E-state index in [-0.39, 0.29) is 12.5 Å². The third kappa shape index (κ3) is 34.6. The van der Waals surface area contributed by atoms with Gasteiger partial charge in [-0.15, -0.1) is 0 Å². The average molecular weight is 894 g/mol. The minimum Gasteiger partial charge on any atom is -0.394 e. The molecule has 9 heteroatoms. The molecule has 1 aliphatic rings. The van der Waals surface area contributed by atoms with Crippen molar-refractivity contribution in [3.8, 4) is 0 Å². The normalized spacial score (nSPS) is 20.3. The molecular formula is C54H103NO8. The third-order valence-corrected chi connectivity index (χ3v) is 13.0. The van der Waals surface area contributed by atoms with Crippen molar-refractivity contribution in [1.82, 2.24) is 5.32 Å². The molecule has 0 aromatic rings. The van der Waals surface area contributed by atoms with Crippen LogP contribution in [0.4, 0.5) is 0 Å². The molecule has 0 bridgehead atoms. The molecule has 1 amide bonds. The molecule has 0 aliphatic carbocycles. The number of hydrogen-bond donors (Lipinski definition) is 6. The molecule has 372 valence electrons. The molecule has 0 aromatic heterocycles. The van der Waals surface area contributed by atoms with Crippen LogP contribution in [0, 0.1) is 0 Å². The maximum Gasteiger partial charge on any atom is 0.220 e. The van der Waals surface area contributed by atoms with E-state index in [1.54, 1.807) is 6.08 Å². The molecule has 6 N–H and O–H groups in total. The summed E-state index contributed by atoms with van der Waals surface area (Å²) < 4.78 is 11.2. The molecule has 1 saturated heterocycles. The lowest BCUT2D eigenvalue weighted by molar-refractivity contribution is -0.302. The Morgan fingerprint density at radius 2 is 0.905 bits per heavy atom. The topological polar surface area (TPSA) is 149 Å². The number of aliphatic hydroxyl groups excluding tert-OH is 5. The van der Waals surface area contributed by atoms with Crippen LogP contribution in [-0.2, 0) is 14.3 Å². The molecule has 1 fully saturated rings. The maximum absolute atomic E-state index is 13.0. The molecule has 0 radical (unpaired) electrons. The Morgan fingerprint density at radius 3 is 1.33 bits per heavy atom. The summed E-state index contributed by atoms with van der Waals surface area (Å²) in [5.41, 5.74) is 0. The number of unbranched alkanes of at least 4 members (excludes halogenated alkanes) is 34. The molecule has 1 heterocycles. The number of ether oxygens (including phenoxy) is 2. The highest BCUT2D eigenvalue weighted by Gasteiger charge is 2.44. The Hall–Kier alpha value is -1.33. The van der Waals surface area contributed by atoms with Gasteiger partial charge in [0, 0.05) is 6.42 Å². The standard InChI is InChI=1S/C54H103NO8/c1-3-5-7-9-11-13-15-17-19-20-21-22-23-24-25-26-27-28-29-30-32-34-36-38-40-42-44-50(58)55-47(46-62-54-53(61)52(60)51(59)49(45-56)63-54)48(57)43-41-39-37-35-33-31-18-16-14-12-10-8-6-4-2/h33,35,41,43,47-49,51-54,56-57,59-61H,3-32,34,36-40,42,44-46H2,1-2H3,(H,55,58)/b35-33+,43-41+. The molecule has 7 unspecified atom stereocenters. The van der Waals surface area contributed by atoms with Gasteiger partial charge in [-0.1, -0.05) is 244 Å². The van der Waals surface area contributed by atoms with Crippen LogP contribution in [0.1, 0.15) is 258 Å². The summed E-state index contributed by atoms with van der Waals surface area (Å²) in [5, 5.41) is 54.3. The highest BCUT2D eigenvalue weighted by molar-refractivity contribution is 5.76. The van der Waals surface area contributed by atoms with Crippen LogP contribution in [0.5, 0.6) is 0 Å². The molecule has 0 saturated carbocycles. The first kappa shape index (κ1) is 59.7. The zero-order valence-corrected chi connectivity index (χ0v) is 41.1. The molecule has 0 aromatic carbocycles. The zero-order valence-electron chi connectivity index (χ0n) is 41.1. The molecular weight excluding hydrogens is 791 g/mol.